The lowest BCUT2D eigenvalue weighted by atomic mass is 10.0. The Bertz CT molecular complexity index is 739. The van der Waals surface area contributed by atoms with E-state index >= 15 is 0 Å². The number of furan rings is 1. The third-order valence-electron chi connectivity index (χ3n) is 3.68. The van der Waals surface area contributed by atoms with Crippen LogP contribution in [0.5, 0.6) is 0 Å². The monoisotopic (exact) mass is 321 g/mol. The molecular weight excluding hydrogens is 302 g/mol. The average Bonchev–Trinajstić information content (AvgIpc) is 3.17. The number of carbonyl (C=O) groups is 1. The number of nitrogens with one attached hydrogen (secondary N) is 1. The van der Waals surface area contributed by atoms with Crippen LogP contribution < -0.4 is 5.48 Å². The third-order valence-corrected chi connectivity index (χ3v) is 3.68. The van der Waals surface area contributed by atoms with Gasteiger partial charge in [0.15, 0.2) is 5.78 Å². The summed E-state index contributed by atoms with van der Waals surface area (Å²) in [7, 11) is 0. The molecule has 24 heavy (non-hydrogen) atoms. The number of benzene rings is 2. The number of rotatable bonds is 8. The molecule has 0 radical (unpaired) electrons. The molecule has 0 saturated carbocycles. The fraction of sp³-hybridized carbons (Fsp3) is 0.150. The molecule has 0 aliphatic carbocycles. The van der Waals surface area contributed by atoms with Crippen molar-refractivity contribution in [2.24, 2.45) is 0 Å². The van der Waals surface area contributed by atoms with Gasteiger partial charge in [-0.2, -0.15) is 5.48 Å². The first-order valence-electron chi connectivity index (χ1n) is 7.86. The second kappa shape index (κ2) is 8.24. The molecule has 0 spiro atoms. The minimum atomic E-state index is -0.337. The molecule has 2 aromatic carbocycles. The molecule has 0 saturated heterocycles. The zero-order valence-electron chi connectivity index (χ0n) is 13.2. The summed E-state index contributed by atoms with van der Waals surface area (Å²) in [6.45, 7) is 0.414. The Morgan fingerprint density at radius 3 is 2.33 bits per heavy atom. The van der Waals surface area contributed by atoms with Crippen LogP contribution in [-0.4, -0.2) is 5.78 Å². The third kappa shape index (κ3) is 4.41. The van der Waals surface area contributed by atoms with E-state index in [1.54, 1.807) is 12.3 Å². The summed E-state index contributed by atoms with van der Waals surface area (Å²) in [5.41, 5.74) is 4.69. The van der Waals surface area contributed by atoms with Gasteiger partial charge in [0.2, 0.25) is 0 Å². The number of hydrogen-bond acceptors (Lipinski definition) is 4. The maximum Gasteiger partial charge on any atom is 0.164 e. The van der Waals surface area contributed by atoms with Gasteiger partial charge >= 0.3 is 0 Å². The number of ketones is 1. The van der Waals surface area contributed by atoms with Gasteiger partial charge in [-0.25, -0.2) is 0 Å². The molecule has 0 fully saturated rings. The zero-order chi connectivity index (χ0) is 16.6. The highest BCUT2D eigenvalue weighted by molar-refractivity contribution is 5.96. The predicted octanol–water partition coefficient (Wildman–Crippen LogP) is 4.32. The second-order valence-electron chi connectivity index (χ2n) is 5.45. The topological polar surface area (TPSA) is 51.5 Å². The van der Waals surface area contributed by atoms with Crippen molar-refractivity contribution in [3.8, 4) is 0 Å². The number of carbonyl (C=O) groups excluding carboxylic acids is 1. The van der Waals surface area contributed by atoms with E-state index in [-0.39, 0.29) is 18.2 Å². The summed E-state index contributed by atoms with van der Waals surface area (Å²) in [4.78, 5) is 18.0. The zero-order valence-corrected chi connectivity index (χ0v) is 13.2. The first-order chi connectivity index (χ1) is 11.8. The van der Waals surface area contributed by atoms with Gasteiger partial charge in [-0.1, -0.05) is 60.7 Å². The Kier molecular flexibility index (Phi) is 5.56. The van der Waals surface area contributed by atoms with Crippen molar-refractivity contribution >= 4 is 5.78 Å². The lowest BCUT2D eigenvalue weighted by Crippen LogP contribution is -2.24. The SMILES string of the molecule is O=C(C[C@@H](NOCc1ccccc1)c1ccco1)c1ccccc1. The second-order valence-corrected chi connectivity index (χ2v) is 5.45. The van der Waals surface area contributed by atoms with Gasteiger partial charge in [-0.15, -0.1) is 0 Å². The lowest BCUT2D eigenvalue weighted by molar-refractivity contribution is -0.00280. The molecular formula is C20H19NO3. The van der Waals surface area contributed by atoms with E-state index in [9.17, 15) is 4.79 Å². The summed E-state index contributed by atoms with van der Waals surface area (Å²) in [5.74, 6) is 0.708. The van der Waals surface area contributed by atoms with Crippen molar-refractivity contribution in [1.29, 1.82) is 0 Å². The Morgan fingerprint density at radius 1 is 0.958 bits per heavy atom. The molecule has 4 heteroatoms. The van der Waals surface area contributed by atoms with E-state index < -0.39 is 0 Å². The fourth-order valence-electron chi connectivity index (χ4n) is 2.42. The molecule has 0 amide bonds. The Labute approximate surface area is 141 Å². The van der Waals surface area contributed by atoms with E-state index in [0.717, 1.165) is 5.56 Å². The van der Waals surface area contributed by atoms with Crippen molar-refractivity contribution in [3.05, 3.63) is 95.9 Å². The molecule has 0 aliphatic rings. The van der Waals surface area contributed by atoms with Crippen LogP contribution in [0.25, 0.3) is 0 Å². The lowest BCUT2D eigenvalue weighted by Gasteiger charge is -2.16. The molecule has 122 valence electrons. The van der Waals surface area contributed by atoms with Crippen LogP contribution in [0.15, 0.2) is 83.5 Å². The largest absolute Gasteiger partial charge is 0.468 e. The highest BCUT2D eigenvalue weighted by Gasteiger charge is 2.19. The molecule has 3 rings (SSSR count). The summed E-state index contributed by atoms with van der Waals surface area (Å²) >= 11 is 0. The van der Waals surface area contributed by atoms with Crippen LogP contribution in [0.2, 0.25) is 0 Å². The van der Waals surface area contributed by atoms with Crippen LogP contribution in [0.3, 0.4) is 0 Å². The minimum absolute atomic E-state index is 0.0350. The van der Waals surface area contributed by atoms with E-state index in [1.807, 2.05) is 66.7 Å². The minimum Gasteiger partial charge on any atom is -0.468 e. The van der Waals surface area contributed by atoms with Gasteiger partial charge in [-0.05, 0) is 17.7 Å². The molecule has 1 atom stereocenters. The van der Waals surface area contributed by atoms with Crippen LogP contribution in [-0.2, 0) is 11.4 Å². The van der Waals surface area contributed by atoms with E-state index in [0.29, 0.717) is 17.9 Å². The first kappa shape index (κ1) is 16.2. The normalized spacial score (nSPS) is 12.0. The molecule has 0 unspecified atom stereocenters. The van der Waals surface area contributed by atoms with Gasteiger partial charge in [0, 0.05) is 12.0 Å². The van der Waals surface area contributed by atoms with Crippen LogP contribution in [0, 0.1) is 0 Å². The molecule has 1 aromatic heterocycles. The maximum absolute atomic E-state index is 12.4. The molecule has 1 N–H and O–H groups in total. The van der Waals surface area contributed by atoms with Crippen LogP contribution in [0.1, 0.15) is 34.1 Å². The first-order valence-corrected chi connectivity index (χ1v) is 7.86. The Hall–Kier alpha value is -2.69. The summed E-state index contributed by atoms with van der Waals surface area (Å²) in [5, 5.41) is 0. The molecule has 4 nitrogen and oxygen atoms in total. The smallest absolute Gasteiger partial charge is 0.164 e. The van der Waals surface area contributed by atoms with Gasteiger partial charge < -0.3 is 4.42 Å². The van der Waals surface area contributed by atoms with Crippen LogP contribution >= 0.6 is 0 Å². The highest BCUT2D eigenvalue weighted by atomic mass is 16.6. The molecule has 0 bridgehead atoms. The molecule has 3 aromatic rings. The van der Waals surface area contributed by atoms with Crippen molar-refractivity contribution in [2.45, 2.75) is 19.1 Å². The molecule has 0 aliphatic heterocycles. The summed E-state index contributed by atoms with van der Waals surface area (Å²) in [6, 6.07) is 22.4. The number of hydrogen-bond donors (Lipinski definition) is 1. The highest BCUT2D eigenvalue weighted by Crippen LogP contribution is 2.20. The number of Topliss-reactive ketones (excluding diaryl/α,β-unsaturated/α-hetero) is 1. The van der Waals surface area contributed by atoms with E-state index in [2.05, 4.69) is 5.48 Å². The van der Waals surface area contributed by atoms with Crippen LogP contribution in [0.4, 0.5) is 0 Å². The fourth-order valence-corrected chi connectivity index (χ4v) is 2.42. The quantitative estimate of drug-likeness (QED) is 0.496. The standard InChI is InChI=1S/C20H19NO3/c22-19(17-10-5-2-6-11-17)14-18(20-12-7-13-23-20)21-24-15-16-8-3-1-4-9-16/h1-13,18,21H,14-15H2/t18-/m1/s1. The van der Waals surface area contributed by atoms with Crippen molar-refractivity contribution in [3.63, 3.8) is 0 Å². The Balaban J connectivity index is 1.63. The number of hydroxylamine groups is 1. The van der Waals surface area contributed by atoms with Crippen molar-refractivity contribution in [2.75, 3.05) is 0 Å². The van der Waals surface area contributed by atoms with Gasteiger partial charge in [0.05, 0.1) is 18.9 Å². The van der Waals surface area contributed by atoms with Crippen molar-refractivity contribution in [1.82, 2.24) is 5.48 Å². The van der Waals surface area contributed by atoms with Gasteiger partial charge in [0.25, 0.3) is 0 Å². The summed E-state index contributed by atoms with van der Waals surface area (Å²) in [6.07, 6.45) is 1.85. The van der Waals surface area contributed by atoms with Gasteiger partial charge in [0.1, 0.15) is 5.76 Å². The summed E-state index contributed by atoms with van der Waals surface area (Å²) < 4.78 is 5.44. The maximum atomic E-state index is 12.4. The Morgan fingerprint density at radius 2 is 1.67 bits per heavy atom. The van der Waals surface area contributed by atoms with Crippen molar-refractivity contribution < 1.29 is 14.0 Å². The predicted molar refractivity (Wildman–Crippen MR) is 91.2 cm³/mol. The van der Waals surface area contributed by atoms with E-state index in [4.69, 9.17) is 9.25 Å². The average molecular weight is 321 g/mol. The molecule has 1 heterocycles. The van der Waals surface area contributed by atoms with Gasteiger partial charge in [-0.3, -0.25) is 9.63 Å². The van der Waals surface area contributed by atoms with E-state index in [1.165, 1.54) is 0 Å².